The molecule has 4 heteroatoms. The molecule has 2 unspecified atom stereocenters. The summed E-state index contributed by atoms with van der Waals surface area (Å²) >= 11 is 0. The number of hydrogen-bond donors (Lipinski definition) is 0. The van der Waals surface area contributed by atoms with Crippen molar-refractivity contribution in [2.45, 2.75) is 12.1 Å². The highest BCUT2D eigenvalue weighted by Gasteiger charge is 2.16. The van der Waals surface area contributed by atoms with E-state index in [4.69, 9.17) is 0 Å². The van der Waals surface area contributed by atoms with Gasteiger partial charge in [0.2, 0.25) is 12.2 Å². The summed E-state index contributed by atoms with van der Waals surface area (Å²) in [6.07, 6.45) is 9.68. The summed E-state index contributed by atoms with van der Waals surface area (Å²) in [4.78, 5) is 26.8. The average Bonchev–Trinajstić information content (AvgIpc) is 2.09. The van der Waals surface area contributed by atoms with Crippen molar-refractivity contribution < 1.29 is 9.59 Å². The first-order valence-electron chi connectivity index (χ1n) is 3.37. The smallest absolute Gasteiger partial charge is 0.211 e. The molecule has 1 rings (SSSR count). The van der Waals surface area contributed by atoms with E-state index in [0.29, 0.717) is 0 Å². The van der Waals surface area contributed by atoms with Gasteiger partial charge in [0.1, 0.15) is 12.1 Å². The highest BCUT2D eigenvalue weighted by Crippen LogP contribution is 2.10. The molecule has 0 aromatic rings. The maximum absolute atomic E-state index is 9.93. The Balaban J connectivity index is 2.83. The molecule has 0 amide bonds. The van der Waals surface area contributed by atoms with Gasteiger partial charge in [0.25, 0.3) is 0 Å². The summed E-state index contributed by atoms with van der Waals surface area (Å²) in [5.41, 5.74) is 0. The molecule has 0 aromatic heterocycles. The fraction of sp³-hybridized carbons (Fsp3) is 0.250. The minimum atomic E-state index is -0.408. The Hall–Kier alpha value is -1.76. The van der Waals surface area contributed by atoms with Gasteiger partial charge in [-0.25, -0.2) is 9.59 Å². The predicted octanol–water partition coefficient (Wildman–Crippen LogP) is 0.521. The molecule has 0 spiro atoms. The van der Waals surface area contributed by atoms with Crippen molar-refractivity contribution >= 4 is 12.2 Å². The highest BCUT2D eigenvalue weighted by atomic mass is 16.1. The van der Waals surface area contributed by atoms with Gasteiger partial charge < -0.3 is 0 Å². The molecule has 4 nitrogen and oxygen atoms in total. The number of isocyanates is 2. The molecule has 2 atom stereocenters. The summed E-state index contributed by atoms with van der Waals surface area (Å²) < 4.78 is 0. The van der Waals surface area contributed by atoms with Crippen LogP contribution in [0, 0.1) is 0 Å². The number of rotatable bonds is 2. The Morgan fingerprint density at radius 3 is 1.67 bits per heavy atom. The van der Waals surface area contributed by atoms with Gasteiger partial charge in [0.15, 0.2) is 0 Å². The Morgan fingerprint density at radius 1 is 0.917 bits per heavy atom. The van der Waals surface area contributed by atoms with Gasteiger partial charge >= 0.3 is 0 Å². The largest absolute Gasteiger partial charge is 0.235 e. The van der Waals surface area contributed by atoms with Crippen molar-refractivity contribution in [3.05, 3.63) is 24.3 Å². The summed E-state index contributed by atoms with van der Waals surface area (Å²) in [7, 11) is 0. The minimum absolute atomic E-state index is 0.408. The van der Waals surface area contributed by atoms with E-state index in [0.717, 1.165) is 0 Å². The molecule has 0 fully saturated rings. The number of aliphatic imine (C=N–C) groups is 2. The molecule has 0 aromatic carbocycles. The standard InChI is InChI=1S/C8H6N2O2/c11-5-9-7-3-1-2-4-8(7)10-6-12/h1-4,7-8H. The van der Waals surface area contributed by atoms with Crippen LogP contribution in [0.25, 0.3) is 0 Å². The van der Waals surface area contributed by atoms with Crippen LogP contribution in [0.5, 0.6) is 0 Å². The van der Waals surface area contributed by atoms with Crippen molar-refractivity contribution in [1.82, 2.24) is 0 Å². The second-order valence-electron chi connectivity index (χ2n) is 2.19. The third kappa shape index (κ3) is 1.86. The molecule has 0 bridgehead atoms. The first kappa shape index (κ1) is 8.34. The number of carbonyl (C=O) groups excluding carboxylic acids is 2. The molecule has 1 aliphatic rings. The topological polar surface area (TPSA) is 58.9 Å². The minimum Gasteiger partial charge on any atom is -0.211 e. The number of nitrogens with zero attached hydrogens (tertiary/aromatic N) is 2. The summed E-state index contributed by atoms with van der Waals surface area (Å²) in [5.74, 6) is 0. The number of allylic oxidation sites excluding steroid dienone is 2. The van der Waals surface area contributed by atoms with Crippen molar-refractivity contribution in [1.29, 1.82) is 0 Å². The van der Waals surface area contributed by atoms with E-state index in [2.05, 4.69) is 9.98 Å². The van der Waals surface area contributed by atoms with E-state index in [-0.39, 0.29) is 0 Å². The normalized spacial score (nSPS) is 25.7. The molecule has 0 heterocycles. The Morgan fingerprint density at radius 2 is 1.33 bits per heavy atom. The van der Waals surface area contributed by atoms with Crippen LogP contribution in [0.2, 0.25) is 0 Å². The van der Waals surface area contributed by atoms with Gasteiger partial charge in [-0.1, -0.05) is 24.3 Å². The van der Waals surface area contributed by atoms with Crippen molar-refractivity contribution in [3.8, 4) is 0 Å². The van der Waals surface area contributed by atoms with E-state index < -0.39 is 12.1 Å². The summed E-state index contributed by atoms with van der Waals surface area (Å²) in [6.45, 7) is 0. The third-order valence-corrected chi connectivity index (χ3v) is 1.48. The van der Waals surface area contributed by atoms with Gasteiger partial charge in [-0.15, -0.1) is 0 Å². The van der Waals surface area contributed by atoms with E-state index in [9.17, 15) is 9.59 Å². The Kier molecular flexibility index (Phi) is 2.91. The van der Waals surface area contributed by atoms with Crippen molar-refractivity contribution in [3.63, 3.8) is 0 Å². The summed E-state index contributed by atoms with van der Waals surface area (Å²) in [5, 5.41) is 0. The van der Waals surface area contributed by atoms with Crippen LogP contribution in [-0.2, 0) is 9.59 Å². The first-order chi connectivity index (χ1) is 5.88. The second-order valence-corrected chi connectivity index (χ2v) is 2.19. The van der Waals surface area contributed by atoms with E-state index in [1.807, 2.05) is 0 Å². The SMILES string of the molecule is O=C=NC1C=CC=CC1N=C=O. The van der Waals surface area contributed by atoms with Gasteiger partial charge in [-0.05, 0) is 0 Å². The zero-order valence-corrected chi connectivity index (χ0v) is 6.18. The monoisotopic (exact) mass is 162 g/mol. The molecule has 0 radical (unpaired) electrons. The zero-order chi connectivity index (χ0) is 8.81. The lowest BCUT2D eigenvalue weighted by molar-refractivity contribution is 0.550. The van der Waals surface area contributed by atoms with Crippen LogP contribution in [0.15, 0.2) is 34.3 Å². The molecule has 12 heavy (non-hydrogen) atoms. The average molecular weight is 162 g/mol. The van der Waals surface area contributed by atoms with Crippen LogP contribution in [0.1, 0.15) is 0 Å². The molecule has 60 valence electrons. The fourth-order valence-corrected chi connectivity index (χ4v) is 0.944. The maximum atomic E-state index is 9.93. The lowest BCUT2D eigenvalue weighted by atomic mass is 10.0. The second kappa shape index (κ2) is 4.19. The molecule has 0 N–H and O–H groups in total. The maximum Gasteiger partial charge on any atom is 0.235 e. The van der Waals surface area contributed by atoms with E-state index >= 15 is 0 Å². The van der Waals surface area contributed by atoms with E-state index in [1.54, 1.807) is 24.3 Å². The van der Waals surface area contributed by atoms with Gasteiger partial charge in [0.05, 0.1) is 0 Å². The molecular formula is C8H6N2O2. The fourth-order valence-electron chi connectivity index (χ4n) is 0.944. The molecule has 0 saturated carbocycles. The van der Waals surface area contributed by atoms with Crippen LogP contribution in [0.4, 0.5) is 0 Å². The molecule has 0 saturated heterocycles. The van der Waals surface area contributed by atoms with Crippen molar-refractivity contribution in [2.75, 3.05) is 0 Å². The van der Waals surface area contributed by atoms with Gasteiger partial charge in [-0.2, -0.15) is 9.98 Å². The lowest BCUT2D eigenvalue weighted by Crippen LogP contribution is -2.19. The van der Waals surface area contributed by atoms with Gasteiger partial charge in [0, 0.05) is 0 Å². The van der Waals surface area contributed by atoms with Crippen LogP contribution in [-0.4, -0.2) is 24.2 Å². The quantitative estimate of drug-likeness (QED) is 0.439. The van der Waals surface area contributed by atoms with Gasteiger partial charge in [-0.3, -0.25) is 0 Å². The molecule has 1 aliphatic carbocycles. The Labute approximate surface area is 69.0 Å². The highest BCUT2D eigenvalue weighted by molar-refractivity contribution is 5.39. The van der Waals surface area contributed by atoms with Crippen LogP contribution < -0.4 is 0 Å². The predicted molar refractivity (Wildman–Crippen MR) is 42.1 cm³/mol. The van der Waals surface area contributed by atoms with Crippen LogP contribution in [0.3, 0.4) is 0 Å². The third-order valence-electron chi connectivity index (χ3n) is 1.48. The zero-order valence-electron chi connectivity index (χ0n) is 6.18. The molecule has 0 aliphatic heterocycles. The first-order valence-corrected chi connectivity index (χ1v) is 3.37. The Bertz CT molecular complexity index is 275. The van der Waals surface area contributed by atoms with E-state index in [1.165, 1.54) is 12.2 Å². The summed E-state index contributed by atoms with van der Waals surface area (Å²) in [6, 6.07) is -0.817. The molecular weight excluding hydrogens is 156 g/mol. The lowest BCUT2D eigenvalue weighted by Gasteiger charge is -2.12. The van der Waals surface area contributed by atoms with Crippen LogP contribution >= 0.6 is 0 Å². The van der Waals surface area contributed by atoms with Crippen molar-refractivity contribution in [2.24, 2.45) is 9.98 Å². The number of hydrogen-bond acceptors (Lipinski definition) is 4.